The number of carbonyl (C=O) groups is 1. The largest absolute Gasteiger partial charge is 0.324 e. The summed E-state index contributed by atoms with van der Waals surface area (Å²) in [4.78, 5) is 14.0. The van der Waals surface area contributed by atoms with E-state index in [9.17, 15) is 9.18 Å². The number of carbonyl (C=O) groups excluding carboxylic acids is 1. The van der Waals surface area contributed by atoms with Crippen molar-refractivity contribution < 1.29 is 9.18 Å². The van der Waals surface area contributed by atoms with E-state index in [0.29, 0.717) is 6.42 Å². The lowest BCUT2D eigenvalue weighted by Crippen LogP contribution is -2.29. The molecule has 1 rings (SSSR count). The van der Waals surface area contributed by atoms with Gasteiger partial charge in [0, 0.05) is 13.0 Å². The molecule has 3 nitrogen and oxygen atoms in total. The van der Waals surface area contributed by atoms with Crippen LogP contribution in [-0.2, 0) is 4.79 Å². The van der Waals surface area contributed by atoms with E-state index in [1.807, 2.05) is 0 Å². The predicted octanol–water partition coefficient (Wildman–Crippen LogP) is 3.28. The minimum absolute atomic E-state index is 0.137. The molecule has 19 heavy (non-hydrogen) atoms. The van der Waals surface area contributed by atoms with Gasteiger partial charge in [-0.3, -0.25) is 4.79 Å². The fraction of sp³-hybridized carbons (Fsp3) is 0.533. The van der Waals surface area contributed by atoms with Crippen molar-refractivity contribution in [1.82, 2.24) is 4.90 Å². The molecule has 0 aromatic heterocycles. The molecular formula is C15H23FN2O. The van der Waals surface area contributed by atoms with Crippen molar-refractivity contribution in [1.29, 1.82) is 0 Å². The molecule has 0 spiro atoms. The van der Waals surface area contributed by atoms with Crippen molar-refractivity contribution in [3.63, 3.8) is 0 Å². The SMILES string of the molecule is CCCN(CCC)CCC(=O)Nc1ccccc1F. The van der Waals surface area contributed by atoms with Crippen LogP contribution >= 0.6 is 0 Å². The molecule has 0 heterocycles. The minimum Gasteiger partial charge on any atom is -0.324 e. The highest BCUT2D eigenvalue weighted by Crippen LogP contribution is 2.12. The molecule has 0 aliphatic carbocycles. The molecule has 0 radical (unpaired) electrons. The van der Waals surface area contributed by atoms with Crippen molar-refractivity contribution in [3.05, 3.63) is 30.1 Å². The monoisotopic (exact) mass is 266 g/mol. The number of para-hydroxylation sites is 1. The topological polar surface area (TPSA) is 32.3 Å². The van der Waals surface area contributed by atoms with E-state index in [0.717, 1.165) is 32.5 Å². The Labute approximate surface area is 114 Å². The van der Waals surface area contributed by atoms with Gasteiger partial charge in [-0.05, 0) is 38.1 Å². The maximum atomic E-state index is 13.4. The maximum Gasteiger partial charge on any atom is 0.225 e. The second-order valence-corrected chi connectivity index (χ2v) is 4.62. The quantitative estimate of drug-likeness (QED) is 0.783. The first kappa shape index (κ1) is 15.6. The van der Waals surface area contributed by atoms with E-state index < -0.39 is 5.82 Å². The van der Waals surface area contributed by atoms with Gasteiger partial charge in [-0.25, -0.2) is 4.39 Å². The number of amides is 1. The van der Waals surface area contributed by atoms with Gasteiger partial charge in [0.05, 0.1) is 5.69 Å². The summed E-state index contributed by atoms with van der Waals surface area (Å²) in [6.07, 6.45) is 2.55. The number of nitrogens with zero attached hydrogens (tertiary/aromatic N) is 1. The third kappa shape index (κ3) is 5.83. The Morgan fingerprint density at radius 1 is 1.16 bits per heavy atom. The van der Waals surface area contributed by atoms with E-state index >= 15 is 0 Å². The second kappa shape index (κ2) is 8.64. The molecule has 106 valence electrons. The van der Waals surface area contributed by atoms with E-state index in [1.165, 1.54) is 6.07 Å². The molecule has 0 unspecified atom stereocenters. The van der Waals surface area contributed by atoms with E-state index in [-0.39, 0.29) is 11.6 Å². The Morgan fingerprint density at radius 3 is 2.37 bits per heavy atom. The molecule has 1 aromatic carbocycles. The summed E-state index contributed by atoms with van der Waals surface area (Å²) in [5, 5.41) is 2.61. The summed E-state index contributed by atoms with van der Waals surface area (Å²) in [6.45, 7) is 6.98. The molecule has 1 N–H and O–H groups in total. The standard InChI is InChI=1S/C15H23FN2O/c1-3-10-18(11-4-2)12-9-15(19)17-14-8-6-5-7-13(14)16/h5-8H,3-4,9-12H2,1-2H3,(H,17,19). The summed E-state index contributed by atoms with van der Waals surface area (Å²) in [5.41, 5.74) is 0.255. The van der Waals surface area contributed by atoms with Crippen LogP contribution in [0.1, 0.15) is 33.1 Å². The van der Waals surface area contributed by atoms with Crippen LogP contribution in [-0.4, -0.2) is 30.4 Å². The Hall–Kier alpha value is -1.42. The van der Waals surface area contributed by atoms with Crippen molar-refractivity contribution >= 4 is 11.6 Å². The average molecular weight is 266 g/mol. The number of halogens is 1. The first-order chi connectivity index (χ1) is 9.17. The normalized spacial score (nSPS) is 10.7. The minimum atomic E-state index is -0.394. The highest BCUT2D eigenvalue weighted by Gasteiger charge is 2.09. The lowest BCUT2D eigenvalue weighted by molar-refractivity contribution is -0.116. The number of rotatable bonds is 8. The highest BCUT2D eigenvalue weighted by atomic mass is 19.1. The number of nitrogens with one attached hydrogen (secondary N) is 1. The van der Waals surface area contributed by atoms with Crippen LogP contribution in [0.5, 0.6) is 0 Å². The van der Waals surface area contributed by atoms with Gasteiger partial charge in [-0.2, -0.15) is 0 Å². The van der Waals surface area contributed by atoms with Gasteiger partial charge in [-0.15, -0.1) is 0 Å². The van der Waals surface area contributed by atoms with Gasteiger partial charge in [0.25, 0.3) is 0 Å². The van der Waals surface area contributed by atoms with Gasteiger partial charge in [0.15, 0.2) is 0 Å². The van der Waals surface area contributed by atoms with Gasteiger partial charge in [-0.1, -0.05) is 26.0 Å². The van der Waals surface area contributed by atoms with Crippen LogP contribution in [0.3, 0.4) is 0 Å². The van der Waals surface area contributed by atoms with Crippen molar-refractivity contribution in [2.24, 2.45) is 0 Å². The van der Waals surface area contributed by atoms with Gasteiger partial charge >= 0.3 is 0 Å². The number of hydrogen-bond donors (Lipinski definition) is 1. The number of benzene rings is 1. The Balaban J connectivity index is 2.40. The fourth-order valence-corrected chi connectivity index (χ4v) is 2.00. The van der Waals surface area contributed by atoms with E-state index in [4.69, 9.17) is 0 Å². The zero-order valence-corrected chi connectivity index (χ0v) is 11.8. The molecule has 0 saturated carbocycles. The third-order valence-electron chi connectivity index (χ3n) is 2.88. The van der Waals surface area contributed by atoms with Gasteiger partial charge in [0.1, 0.15) is 5.82 Å². The first-order valence-electron chi connectivity index (χ1n) is 6.94. The zero-order valence-electron chi connectivity index (χ0n) is 11.8. The summed E-state index contributed by atoms with van der Waals surface area (Å²) in [6, 6.07) is 6.23. The highest BCUT2D eigenvalue weighted by molar-refractivity contribution is 5.90. The van der Waals surface area contributed by atoms with Gasteiger partial charge in [0.2, 0.25) is 5.91 Å². The average Bonchev–Trinajstić information content (AvgIpc) is 2.39. The van der Waals surface area contributed by atoms with E-state index in [2.05, 4.69) is 24.1 Å². The molecule has 4 heteroatoms. The molecule has 0 aliphatic heterocycles. The zero-order chi connectivity index (χ0) is 14.1. The summed E-state index contributed by atoms with van der Waals surface area (Å²) in [7, 11) is 0. The van der Waals surface area contributed by atoms with Crippen LogP contribution < -0.4 is 5.32 Å². The molecule has 0 atom stereocenters. The van der Waals surface area contributed by atoms with Crippen LogP contribution in [0.25, 0.3) is 0 Å². The Morgan fingerprint density at radius 2 is 1.79 bits per heavy atom. The smallest absolute Gasteiger partial charge is 0.225 e. The van der Waals surface area contributed by atoms with E-state index in [1.54, 1.807) is 18.2 Å². The predicted molar refractivity (Wildman–Crippen MR) is 76.7 cm³/mol. The molecule has 1 aromatic rings. The third-order valence-corrected chi connectivity index (χ3v) is 2.88. The van der Waals surface area contributed by atoms with Crippen LogP contribution in [0.2, 0.25) is 0 Å². The molecule has 0 bridgehead atoms. The Bertz CT molecular complexity index is 389. The van der Waals surface area contributed by atoms with Crippen LogP contribution in [0.4, 0.5) is 10.1 Å². The molecule has 0 aliphatic rings. The lowest BCUT2D eigenvalue weighted by atomic mass is 10.2. The number of anilines is 1. The van der Waals surface area contributed by atoms with Crippen LogP contribution in [0.15, 0.2) is 24.3 Å². The second-order valence-electron chi connectivity index (χ2n) is 4.62. The van der Waals surface area contributed by atoms with Crippen molar-refractivity contribution in [2.75, 3.05) is 25.0 Å². The molecule has 0 fully saturated rings. The van der Waals surface area contributed by atoms with Crippen molar-refractivity contribution in [3.8, 4) is 0 Å². The van der Waals surface area contributed by atoms with Crippen molar-refractivity contribution in [2.45, 2.75) is 33.1 Å². The summed E-state index contributed by atoms with van der Waals surface area (Å²) in [5.74, 6) is -0.530. The lowest BCUT2D eigenvalue weighted by Gasteiger charge is -2.20. The van der Waals surface area contributed by atoms with Gasteiger partial charge < -0.3 is 10.2 Å². The summed E-state index contributed by atoms with van der Waals surface area (Å²) >= 11 is 0. The maximum absolute atomic E-state index is 13.4. The molecular weight excluding hydrogens is 243 g/mol. The Kier molecular flexibility index (Phi) is 7.11. The molecule has 1 amide bonds. The first-order valence-corrected chi connectivity index (χ1v) is 6.94. The fourth-order valence-electron chi connectivity index (χ4n) is 2.00. The molecule has 0 saturated heterocycles. The van der Waals surface area contributed by atoms with Crippen LogP contribution in [0, 0.1) is 5.82 Å². The summed E-state index contributed by atoms with van der Waals surface area (Å²) < 4.78 is 13.4. The number of hydrogen-bond acceptors (Lipinski definition) is 2.